The van der Waals surface area contributed by atoms with Gasteiger partial charge in [0.15, 0.2) is 0 Å². The van der Waals surface area contributed by atoms with Crippen molar-refractivity contribution in [1.29, 1.82) is 0 Å². The van der Waals surface area contributed by atoms with Gasteiger partial charge in [-0.15, -0.1) is 0 Å². The smallest absolute Gasteiger partial charge is 0.292 e. The first-order chi connectivity index (χ1) is 6.58. The van der Waals surface area contributed by atoms with Crippen LogP contribution in [0, 0.1) is 5.82 Å². The Morgan fingerprint density at radius 2 is 2.07 bits per heavy atom. The summed E-state index contributed by atoms with van der Waals surface area (Å²) in [6.45, 7) is 0. The third kappa shape index (κ3) is 1.37. The average Bonchev–Trinajstić information content (AvgIpc) is 2.11. The lowest BCUT2D eigenvalue weighted by Crippen LogP contribution is -2.29. The van der Waals surface area contributed by atoms with E-state index in [1.807, 2.05) is 0 Å². The number of carbonyl (C=O) groups excluding carboxylic acids is 2. The van der Waals surface area contributed by atoms with E-state index in [0.717, 1.165) is 6.07 Å². The number of hydrogen-bond acceptors (Lipinski definition) is 2. The van der Waals surface area contributed by atoms with Gasteiger partial charge in [-0.2, -0.15) is 0 Å². The minimum absolute atomic E-state index is 0.0709. The molecule has 0 spiro atoms. The van der Waals surface area contributed by atoms with Crippen molar-refractivity contribution in [3.8, 4) is 0 Å². The molecule has 1 aliphatic heterocycles. The van der Waals surface area contributed by atoms with Gasteiger partial charge in [0.25, 0.3) is 5.91 Å². The van der Waals surface area contributed by atoms with Crippen molar-refractivity contribution in [2.75, 3.05) is 5.32 Å². The maximum atomic E-state index is 13.0. The highest BCUT2D eigenvalue weighted by atomic mass is 35.5. The summed E-state index contributed by atoms with van der Waals surface area (Å²) in [6, 6.07) is 2.46. The lowest BCUT2D eigenvalue weighted by molar-refractivity contribution is -0.134. The molecule has 1 heterocycles. The summed E-state index contributed by atoms with van der Waals surface area (Å²) in [5, 5.41) is 2.27. The van der Waals surface area contributed by atoms with Crippen LogP contribution in [0.5, 0.6) is 0 Å². The molecule has 1 aliphatic rings. The molecule has 0 radical (unpaired) electrons. The van der Waals surface area contributed by atoms with Gasteiger partial charge >= 0.3 is 0 Å². The number of carbonyl (C=O) groups is 2. The van der Waals surface area contributed by atoms with Gasteiger partial charge in [0, 0.05) is 12.1 Å². The van der Waals surface area contributed by atoms with E-state index in [9.17, 15) is 14.0 Å². The molecule has 3 nitrogen and oxygen atoms in total. The van der Waals surface area contributed by atoms with E-state index in [2.05, 4.69) is 5.32 Å². The number of Topliss-reactive ketones (excluding diaryl/α,β-unsaturated/α-hetero) is 1. The number of anilines is 1. The standard InChI is InChI=1S/C9H5ClFNO2/c10-5-3-7-4(1-6(5)11)2-8(13)9(14)12-7/h1,3H,2H2,(H,12,14). The number of halogens is 2. The first-order valence-electron chi connectivity index (χ1n) is 3.90. The predicted octanol–water partition coefficient (Wildman–Crippen LogP) is 1.54. The van der Waals surface area contributed by atoms with Crippen molar-refractivity contribution >= 4 is 29.0 Å². The molecule has 0 aliphatic carbocycles. The number of hydrogen-bond donors (Lipinski definition) is 1. The van der Waals surface area contributed by atoms with Crippen LogP contribution in [0.15, 0.2) is 12.1 Å². The van der Waals surface area contributed by atoms with Crippen molar-refractivity contribution in [3.63, 3.8) is 0 Å². The molecule has 0 aromatic heterocycles. The molecule has 0 fully saturated rings. The summed E-state index contributed by atoms with van der Waals surface area (Å²) in [5.74, 6) is -1.84. The highest BCUT2D eigenvalue weighted by Crippen LogP contribution is 2.27. The fraction of sp³-hybridized carbons (Fsp3) is 0.111. The number of rotatable bonds is 0. The van der Waals surface area contributed by atoms with Gasteiger partial charge in [0.1, 0.15) is 5.82 Å². The van der Waals surface area contributed by atoms with Crippen molar-refractivity contribution in [1.82, 2.24) is 0 Å². The second kappa shape index (κ2) is 3.06. The summed E-state index contributed by atoms with van der Waals surface area (Å²) in [6.07, 6.45) is -0.0742. The number of amides is 1. The van der Waals surface area contributed by atoms with Gasteiger partial charge in [0.2, 0.25) is 5.78 Å². The topological polar surface area (TPSA) is 46.2 Å². The zero-order valence-electron chi connectivity index (χ0n) is 6.93. The Hall–Kier alpha value is -1.42. The largest absolute Gasteiger partial charge is 0.319 e. The van der Waals surface area contributed by atoms with E-state index in [4.69, 9.17) is 11.6 Å². The number of ketones is 1. The Balaban J connectivity index is 2.53. The second-order valence-corrected chi connectivity index (χ2v) is 3.38. The highest BCUT2D eigenvalue weighted by Gasteiger charge is 2.24. The molecule has 0 atom stereocenters. The molecule has 1 N–H and O–H groups in total. The molecular weight excluding hydrogens is 209 g/mol. The molecule has 1 amide bonds. The predicted molar refractivity (Wildman–Crippen MR) is 48.8 cm³/mol. The van der Waals surface area contributed by atoms with Gasteiger partial charge in [-0.3, -0.25) is 9.59 Å². The van der Waals surface area contributed by atoms with Gasteiger partial charge in [-0.25, -0.2) is 4.39 Å². The first-order valence-corrected chi connectivity index (χ1v) is 4.28. The van der Waals surface area contributed by atoms with E-state index < -0.39 is 17.5 Å². The SMILES string of the molecule is O=C1Cc2cc(F)c(Cl)cc2NC1=O. The number of fused-ring (bicyclic) bond motifs is 1. The average molecular weight is 214 g/mol. The van der Waals surface area contributed by atoms with Crippen LogP contribution >= 0.6 is 11.6 Å². The lowest BCUT2D eigenvalue weighted by Gasteiger charge is -2.15. The first kappa shape index (κ1) is 9.15. The molecule has 1 aromatic carbocycles. The Morgan fingerprint density at radius 1 is 1.36 bits per heavy atom. The van der Waals surface area contributed by atoms with Crippen molar-refractivity contribution in [2.45, 2.75) is 6.42 Å². The summed E-state index contributed by atoms with van der Waals surface area (Å²) >= 11 is 5.52. The Bertz CT molecular complexity index is 404. The van der Waals surface area contributed by atoms with E-state index >= 15 is 0 Å². The zero-order valence-corrected chi connectivity index (χ0v) is 7.69. The van der Waals surface area contributed by atoms with Gasteiger partial charge in [-0.05, 0) is 17.7 Å². The fourth-order valence-electron chi connectivity index (χ4n) is 1.30. The molecule has 0 saturated carbocycles. The molecule has 0 bridgehead atoms. The molecule has 1 aromatic rings. The van der Waals surface area contributed by atoms with Crippen molar-refractivity contribution < 1.29 is 14.0 Å². The minimum Gasteiger partial charge on any atom is -0.319 e. The summed E-state index contributed by atoms with van der Waals surface area (Å²) < 4.78 is 13.0. The lowest BCUT2D eigenvalue weighted by atomic mass is 10.0. The van der Waals surface area contributed by atoms with Gasteiger partial charge < -0.3 is 5.32 Å². The third-order valence-electron chi connectivity index (χ3n) is 2.00. The minimum atomic E-state index is -0.680. The van der Waals surface area contributed by atoms with Crippen LogP contribution in [0.1, 0.15) is 5.56 Å². The maximum absolute atomic E-state index is 13.0. The summed E-state index contributed by atoms with van der Waals surface area (Å²) in [7, 11) is 0. The molecule has 72 valence electrons. The molecule has 0 unspecified atom stereocenters. The fourth-order valence-corrected chi connectivity index (χ4v) is 1.46. The summed E-state index contributed by atoms with van der Waals surface area (Å²) in [4.78, 5) is 21.9. The zero-order chi connectivity index (χ0) is 10.3. The molecule has 2 rings (SSSR count). The molecule has 0 saturated heterocycles. The Morgan fingerprint density at radius 3 is 2.79 bits per heavy atom. The Labute approximate surface area is 83.9 Å². The summed E-state index contributed by atoms with van der Waals surface area (Å²) in [5.41, 5.74) is 0.859. The van der Waals surface area contributed by atoms with Crippen molar-refractivity contribution in [3.05, 3.63) is 28.5 Å². The second-order valence-electron chi connectivity index (χ2n) is 2.98. The van der Waals surface area contributed by atoms with Crippen LogP contribution in [-0.4, -0.2) is 11.7 Å². The van der Waals surface area contributed by atoms with Crippen LogP contribution in [0.4, 0.5) is 10.1 Å². The van der Waals surface area contributed by atoms with E-state index in [1.54, 1.807) is 0 Å². The normalized spacial score (nSPS) is 15.0. The van der Waals surface area contributed by atoms with Crippen LogP contribution < -0.4 is 5.32 Å². The van der Waals surface area contributed by atoms with Crippen LogP contribution in [0.3, 0.4) is 0 Å². The van der Waals surface area contributed by atoms with E-state index in [0.29, 0.717) is 11.3 Å². The van der Waals surface area contributed by atoms with Gasteiger partial charge in [-0.1, -0.05) is 11.6 Å². The van der Waals surface area contributed by atoms with Crippen molar-refractivity contribution in [2.24, 2.45) is 0 Å². The van der Waals surface area contributed by atoms with E-state index in [-0.39, 0.29) is 11.4 Å². The monoisotopic (exact) mass is 213 g/mol. The van der Waals surface area contributed by atoms with Crippen LogP contribution in [0.25, 0.3) is 0 Å². The molecule has 5 heteroatoms. The number of benzene rings is 1. The van der Waals surface area contributed by atoms with Crippen LogP contribution in [-0.2, 0) is 16.0 Å². The Kier molecular flexibility index (Phi) is 2.00. The quantitative estimate of drug-likeness (QED) is 0.665. The van der Waals surface area contributed by atoms with Crippen LogP contribution in [0.2, 0.25) is 5.02 Å². The molecular formula is C9H5ClFNO2. The maximum Gasteiger partial charge on any atom is 0.292 e. The number of nitrogens with one attached hydrogen (secondary N) is 1. The highest BCUT2D eigenvalue weighted by molar-refractivity contribution is 6.42. The van der Waals surface area contributed by atoms with E-state index in [1.165, 1.54) is 6.07 Å². The third-order valence-corrected chi connectivity index (χ3v) is 2.29. The van der Waals surface area contributed by atoms with Gasteiger partial charge in [0.05, 0.1) is 5.02 Å². The molecule has 14 heavy (non-hydrogen) atoms.